The minimum Gasteiger partial charge on any atom is -0.497 e. The van der Waals surface area contributed by atoms with Gasteiger partial charge in [-0.05, 0) is 60.4 Å². The summed E-state index contributed by atoms with van der Waals surface area (Å²) in [4.78, 5) is 28.9. The second-order valence-corrected chi connectivity index (χ2v) is 9.35. The van der Waals surface area contributed by atoms with Crippen LogP contribution >= 0.6 is 0 Å². The van der Waals surface area contributed by atoms with Gasteiger partial charge in [-0.3, -0.25) is 9.59 Å². The Morgan fingerprint density at radius 2 is 1.51 bits per heavy atom. The van der Waals surface area contributed by atoms with Crippen LogP contribution in [-0.4, -0.2) is 50.1 Å². The Balaban J connectivity index is 1.77. The molecule has 0 radical (unpaired) electrons. The summed E-state index contributed by atoms with van der Waals surface area (Å²) >= 11 is 0. The summed E-state index contributed by atoms with van der Waals surface area (Å²) in [6, 6.07) is 24.1. The van der Waals surface area contributed by atoms with Crippen LogP contribution in [0.4, 0.5) is 0 Å². The normalized spacial score (nSPS) is 11.4. The lowest BCUT2D eigenvalue weighted by atomic mass is 10.0. The highest BCUT2D eigenvalue weighted by atomic mass is 16.5. The van der Waals surface area contributed by atoms with Gasteiger partial charge in [0.2, 0.25) is 11.8 Å². The van der Waals surface area contributed by atoms with E-state index in [4.69, 9.17) is 14.2 Å². The molecule has 0 heterocycles. The summed E-state index contributed by atoms with van der Waals surface area (Å²) in [7, 11) is 3.23. The van der Waals surface area contributed by atoms with Crippen molar-refractivity contribution >= 4 is 11.8 Å². The highest BCUT2D eigenvalue weighted by molar-refractivity contribution is 5.88. The number of hydrogen-bond donors (Lipinski definition) is 1. The van der Waals surface area contributed by atoms with Gasteiger partial charge in [-0.1, -0.05) is 55.8 Å². The first-order valence-corrected chi connectivity index (χ1v) is 13.5. The monoisotopic (exact) mass is 532 g/mol. The van der Waals surface area contributed by atoms with E-state index in [0.717, 1.165) is 29.7 Å². The highest BCUT2D eigenvalue weighted by Gasteiger charge is 2.30. The second-order valence-electron chi connectivity index (χ2n) is 9.35. The van der Waals surface area contributed by atoms with Gasteiger partial charge >= 0.3 is 0 Å². The molecule has 0 bridgehead atoms. The third kappa shape index (κ3) is 9.67. The molecule has 7 heteroatoms. The molecule has 2 amide bonds. The number of rotatable bonds is 16. The van der Waals surface area contributed by atoms with Crippen LogP contribution in [0.15, 0.2) is 78.9 Å². The minimum atomic E-state index is -0.648. The van der Waals surface area contributed by atoms with Crippen LogP contribution in [0.25, 0.3) is 0 Å². The Morgan fingerprint density at radius 3 is 2.21 bits per heavy atom. The molecule has 1 atom stereocenters. The third-order valence-electron chi connectivity index (χ3n) is 6.45. The van der Waals surface area contributed by atoms with Crippen molar-refractivity contribution in [3.63, 3.8) is 0 Å². The van der Waals surface area contributed by atoms with Crippen LogP contribution in [-0.2, 0) is 22.6 Å². The molecular weight excluding hydrogens is 492 g/mol. The van der Waals surface area contributed by atoms with Crippen molar-refractivity contribution in [3.05, 3.63) is 90.0 Å². The van der Waals surface area contributed by atoms with Crippen LogP contribution in [0.3, 0.4) is 0 Å². The zero-order valence-corrected chi connectivity index (χ0v) is 23.2. The maximum atomic E-state index is 13.7. The smallest absolute Gasteiger partial charge is 0.243 e. The predicted molar refractivity (Wildman–Crippen MR) is 153 cm³/mol. The van der Waals surface area contributed by atoms with Gasteiger partial charge in [-0.2, -0.15) is 0 Å². The van der Waals surface area contributed by atoms with E-state index < -0.39 is 6.04 Å². The summed E-state index contributed by atoms with van der Waals surface area (Å²) < 4.78 is 16.4. The van der Waals surface area contributed by atoms with Crippen LogP contribution in [0.2, 0.25) is 0 Å². The van der Waals surface area contributed by atoms with Crippen molar-refractivity contribution in [1.82, 2.24) is 10.2 Å². The topological polar surface area (TPSA) is 77.1 Å². The number of carbonyl (C=O) groups excluding carboxylic acids is 2. The maximum absolute atomic E-state index is 13.7. The standard InChI is InChI=1S/C32H40N2O5/c1-4-5-20-33-32(36)30(23-25-11-7-6-8-12-25)34(24-26-13-9-14-29(22-26)38-3)31(35)15-10-21-39-28-18-16-27(37-2)17-19-28/h6-9,11-14,16-19,22,30H,4-5,10,15,20-21,23-24H2,1-3H3,(H,33,36). The van der Waals surface area contributed by atoms with Gasteiger partial charge in [-0.25, -0.2) is 0 Å². The quantitative estimate of drug-likeness (QED) is 0.249. The second kappa shape index (κ2) is 16.1. The molecule has 0 aliphatic carbocycles. The Labute approximate surface area is 232 Å². The molecule has 3 rings (SSSR count). The number of methoxy groups -OCH3 is 2. The Hall–Kier alpha value is -4.00. The van der Waals surface area contributed by atoms with Gasteiger partial charge in [-0.15, -0.1) is 0 Å². The van der Waals surface area contributed by atoms with E-state index in [9.17, 15) is 9.59 Å². The van der Waals surface area contributed by atoms with Crippen molar-refractivity contribution in [2.45, 2.75) is 51.6 Å². The zero-order valence-electron chi connectivity index (χ0n) is 23.2. The lowest BCUT2D eigenvalue weighted by molar-refractivity contribution is -0.141. The van der Waals surface area contributed by atoms with Crippen molar-refractivity contribution < 1.29 is 23.8 Å². The van der Waals surface area contributed by atoms with E-state index in [1.807, 2.05) is 78.9 Å². The van der Waals surface area contributed by atoms with E-state index in [2.05, 4.69) is 12.2 Å². The zero-order chi connectivity index (χ0) is 27.9. The number of ether oxygens (including phenoxy) is 3. The average molecular weight is 533 g/mol. The molecule has 208 valence electrons. The molecule has 0 saturated heterocycles. The first-order valence-electron chi connectivity index (χ1n) is 13.5. The SMILES string of the molecule is CCCCNC(=O)C(Cc1ccccc1)N(Cc1cccc(OC)c1)C(=O)CCCOc1ccc(OC)cc1. The van der Waals surface area contributed by atoms with Gasteiger partial charge < -0.3 is 24.4 Å². The fourth-order valence-electron chi connectivity index (χ4n) is 4.26. The molecular formula is C32H40N2O5. The molecule has 0 aliphatic heterocycles. The number of unbranched alkanes of at least 4 members (excludes halogenated alkanes) is 1. The predicted octanol–water partition coefficient (Wildman–Crippen LogP) is 5.42. The van der Waals surface area contributed by atoms with Crippen molar-refractivity contribution in [3.8, 4) is 17.2 Å². The summed E-state index contributed by atoms with van der Waals surface area (Å²) in [6.07, 6.45) is 3.07. The van der Waals surface area contributed by atoms with Gasteiger partial charge in [0, 0.05) is 25.9 Å². The molecule has 0 spiro atoms. The van der Waals surface area contributed by atoms with Crippen molar-refractivity contribution in [2.24, 2.45) is 0 Å². The van der Waals surface area contributed by atoms with E-state index in [1.54, 1.807) is 19.1 Å². The summed E-state index contributed by atoms with van der Waals surface area (Å²) in [6.45, 7) is 3.35. The van der Waals surface area contributed by atoms with E-state index in [-0.39, 0.29) is 18.2 Å². The highest BCUT2D eigenvalue weighted by Crippen LogP contribution is 2.20. The van der Waals surface area contributed by atoms with Gasteiger partial charge in [0.15, 0.2) is 0 Å². The van der Waals surface area contributed by atoms with Gasteiger partial charge in [0.25, 0.3) is 0 Å². The lowest BCUT2D eigenvalue weighted by Crippen LogP contribution is -2.50. The van der Waals surface area contributed by atoms with Gasteiger partial charge in [0.05, 0.1) is 20.8 Å². The molecule has 0 saturated carbocycles. The number of nitrogens with zero attached hydrogens (tertiary/aromatic N) is 1. The van der Waals surface area contributed by atoms with Crippen LogP contribution in [0.1, 0.15) is 43.7 Å². The Bertz CT molecular complexity index is 1150. The average Bonchev–Trinajstić information content (AvgIpc) is 2.98. The lowest BCUT2D eigenvalue weighted by Gasteiger charge is -2.32. The minimum absolute atomic E-state index is 0.0947. The fourth-order valence-corrected chi connectivity index (χ4v) is 4.26. The van der Waals surface area contributed by atoms with E-state index in [1.165, 1.54) is 0 Å². The van der Waals surface area contributed by atoms with Crippen molar-refractivity contribution in [1.29, 1.82) is 0 Å². The van der Waals surface area contributed by atoms with E-state index in [0.29, 0.717) is 44.0 Å². The molecule has 3 aromatic rings. The largest absolute Gasteiger partial charge is 0.497 e. The molecule has 3 aromatic carbocycles. The first kappa shape index (κ1) is 29.6. The molecule has 1 N–H and O–H groups in total. The first-order chi connectivity index (χ1) is 19.0. The number of amides is 2. The summed E-state index contributed by atoms with van der Waals surface area (Å²) in [5.74, 6) is 1.95. The van der Waals surface area contributed by atoms with E-state index >= 15 is 0 Å². The Kier molecular flexibility index (Phi) is 12.2. The van der Waals surface area contributed by atoms with Crippen molar-refractivity contribution in [2.75, 3.05) is 27.4 Å². The van der Waals surface area contributed by atoms with Crippen LogP contribution in [0.5, 0.6) is 17.2 Å². The number of carbonyl (C=O) groups is 2. The fraction of sp³-hybridized carbons (Fsp3) is 0.375. The molecule has 39 heavy (non-hydrogen) atoms. The molecule has 0 fully saturated rings. The van der Waals surface area contributed by atoms with Gasteiger partial charge in [0.1, 0.15) is 23.3 Å². The summed E-state index contributed by atoms with van der Waals surface area (Å²) in [5.41, 5.74) is 1.90. The number of benzene rings is 3. The number of hydrogen-bond acceptors (Lipinski definition) is 5. The maximum Gasteiger partial charge on any atom is 0.243 e. The Morgan fingerprint density at radius 1 is 0.821 bits per heavy atom. The molecule has 1 unspecified atom stereocenters. The molecule has 7 nitrogen and oxygen atoms in total. The van der Waals surface area contributed by atoms with Crippen LogP contribution < -0.4 is 19.5 Å². The molecule has 0 aliphatic rings. The summed E-state index contributed by atoms with van der Waals surface area (Å²) in [5, 5.41) is 3.05. The number of nitrogens with one attached hydrogen (secondary N) is 1. The third-order valence-corrected chi connectivity index (χ3v) is 6.45. The van der Waals surface area contributed by atoms with Crippen LogP contribution in [0, 0.1) is 0 Å². The molecule has 0 aromatic heterocycles.